The van der Waals surface area contributed by atoms with Gasteiger partial charge in [0.05, 0.1) is 6.04 Å². The predicted molar refractivity (Wildman–Crippen MR) is 90.2 cm³/mol. The van der Waals surface area contributed by atoms with E-state index in [0.717, 1.165) is 32.4 Å². The van der Waals surface area contributed by atoms with E-state index < -0.39 is 34.4 Å². The lowest BCUT2D eigenvalue weighted by molar-refractivity contribution is -0.145. The summed E-state index contributed by atoms with van der Waals surface area (Å²) < 4.78 is 35.0. The lowest BCUT2D eigenvalue weighted by Crippen LogP contribution is -2.51. The number of urea groups is 1. The van der Waals surface area contributed by atoms with Gasteiger partial charge in [-0.15, -0.1) is 4.28 Å². The van der Waals surface area contributed by atoms with Gasteiger partial charge >= 0.3 is 16.4 Å². The standard InChI is InChI=1S/C15H24N4O7S/c20-14(16-25-13-6-8-17-7-2-1-3-11(13)17)12-5-4-10-9-18(12)15(21)19(10)26-27(22,23)24/h10-13H,1-9H2,(H,16,20)(H,22,23,24). The number of rotatable bonds is 5. The van der Waals surface area contributed by atoms with Crippen LogP contribution in [0.2, 0.25) is 0 Å². The zero-order chi connectivity index (χ0) is 19.2. The number of hydrogen-bond acceptors (Lipinski definition) is 7. The molecule has 27 heavy (non-hydrogen) atoms. The average Bonchev–Trinajstić information content (AvgIpc) is 3.14. The van der Waals surface area contributed by atoms with E-state index in [1.54, 1.807) is 0 Å². The van der Waals surface area contributed by atoms with Crippen molar-refractivity contribution >= 4 is 22.3 Å². The Labute approximate surface area is 157 Å². The van der Waals surface area contributed by atoms with Gasteiger partial charge in [0.1, 0.15) is 12.1 Å². The minimum atomic E-state index is -4.80. The number of hydroxylamine groups is 3. The number of carbonyl (C=O) groups is 2. The summed E-state index contributed by atoms with van der Waals surface area (Å²) in [5.41, 5.74) is 2.51. The van der Waals surface area contributed by atoms with Gasteiger partial charge in [0.25, 0.3) is 5.91 Å². The highest BCUT2D eigenvalue weighted by Crippen LogP contribution is 2.31. The Balaban J connectivity index is 1.34. The Morgan fingerprint density at radius 1 is 1.15 bits per heavy atom. The first-order chi connectivity index (χ1) is 12.8. The molecular weight excluding hydrogens is 380 g/mol. The van der Waals surface area contributed by atoms with Crippen LogP contribution in [-0.4, -0.2) is 83.6 Å². The summed E-state index contributed by atoms with van der Waals surface area (Å²) >= 11 is 0. The summed E-state index contributed by atoms with van der Waals surface area (Å²) in [5, 5.41) is 0.625. The summed E-state index contributed by atoms with van der Waals surface area (Å²) in [6.07, 6.45) is 4.95. The van der Waals surface area contributed by atoms with Crippen LogP contribution in [0, 0.1) is 0 Å². The van der Waals surface area contributed by atoms with Crippen molar-refractivity contribution in [1.82, 2.24) is 20.3 Å². The van der Waals surface area contributed by atoms with Gasteiger partial charge in [-0.05, 0) is 38.6 Å². The molecule has 0 aromatic heterocycles. The second-order valence-corrected chi connectivity index (χ2v) is 8.52. The van der Waals surface area contributed by atoms with E-state index in [-0.39, 0.29) is 12.6 Å². The van der Waals surface area contributed by atoms with Crippen molar-refractivity contribution in [3.63, 3.8) is 0 Å². The van der Waals surface area contributed by atoms with Crippen molar-refractivity contribution in [1.29, 1.82) is 0 Å². The fraction of sp³-hybridized carbons (Fsp3) is 0.867. The smallest absolute Gasteiger partial charge is 0.309 e. The molecule has 4 fully saturated rings. The van der Waals surface area contributed by atoms with E-state index in [1.807, 2.05) is 0 Å². The van der Waals surface area contributed by atoms with E-state index in [4.69, 9.17) is 9.39 Å². The number of hydrogen-bond donors (Lipinski definition) is 2. The van der Waals surface area contributed by atoms with Gasteiger partial charge in [-0.2, -0.15) is 13.5 Å². The fourth-order valence-electron chi connectivity index (χ4n) is 4.64. The number of fused-ring (bicyclic) bond motifs is 3. The van der Waals surface area contributed by atoms with Crippen molar-refractivity contribution in [3.05, 3.63) is 0 Å². The molecule has 2 N–H and O–H groups in total. The third kappa shape index (κ3) is 3.76. The first-order valence-corrected chi connectivity index (χ1v) is 10.7. The lowest BCUT2D eigenvalue weighted by Gasteiger charge is -2.33. The van der Waals surface area contributed by atoms with Crippen molar-refractivity contribution in [2.75, 3.05) is 19.6 Å². The molecular formula is C15H24N4O7S. The highest BCUT2D eigenvalue weighted by atomic mass is 32.3. The third-order valence-corrected chi connectivity index (χ3v) is 6.25. The molecule has 4 saturated heterocycles. The summed E-state index contributed by atoms with van der Waals surface area (Å²) in [6.45, 7) is 2.18. The zero-order valence-electron chi connectivity index (χ0n) is 14.8. The van der Waals surface area contributed by atoms with Crippen LogP contribution in [0.4, 0.5) is 4.79 Å². The van der Waals surface area contributed by atoms with Gasteiger partial charge < -0.3 is 4.90 Å². The first kappa shape index (κ1) is 18.9. The Hall–Kier alpha value is -1.47. The second kappa shape index (κ2) is 7.17. The number of nitrogens with zero attached hydrogens (tertiary/aromatic N) is 3. The molecule has 4 heterocycles. The molecule has 0 radical (unpaired) electrons. The molecule has 12 heteroatoms. The zero-order valence-corrected chi connectivity index (χ0v) is 15.6. The Morgan fingerprint density at radius 3 is 2.74 bits per heavy atom. The van der Waals surface area contributed by atoms with E-state index >= 15 is 0 Å². The van der Waals surface area contributed by atoms with Crippen molar-refractivity contribution in [2.45, 2.75) is 62.8 Å². The van der Waals surface area contributed by atoms with Gasteiger partial charge in [-0.25, -0.2) is 10.3 Å². The maximum absolute atomic E-state index is 12.6. The third-order valence-electron chi connectivity index (χ3n) is 5.91. The topological polar surface area (TPSA) is 129 Å². The summed E-state index contributed by atoms with van der Waals surface area (Å²) in [4.78, 5) is 34.2. The van der Waals surface area contributed by atoms with Crippen LogP contribution in [0.1, 0.15) is 38.5 Å². The molecule has 0 aliphatic carbocycles. The van der Waals surface area contributed by atoms with Crippen molar-refractivity contribution in [3.8, 4) is 0 Å². The SMILES string of the molecule is O=C(NOC1CCN2CCCCC12)C1CCC2CN1C(=O)N2OS(=O)(=O)O. The van der Waals surface area contributed by atoms with Gasteiger partial charge in [0, 0.05) is 19.1 Å². The van der Waals surface area contributed by atoms with Gasteiger partial charge in [0.15, 0.2) is 0 Å². The second-order valence-electron chi connectivity index (χ2n) is 7.52. The molecule has 4 aliphatic rings. The molecule has 152 valence electrons. The van der Waals surface area contributed by atoms with Gasteiger partial charge in [-0.3, -0.25) is 19.1 Å². The summed E-state index contributed by atoms with van der Waals surface area (Å²) in [5.74, 6) is -0.426. The minimum Gasteiger partial charge on any atom is -0.309 e. The monoisotopic (exact) mass is 404 g/mol. The van der Waals surface area contributed by atoms with Gasteiger partial charge in [0.2, 0.25) is 0 Å². The maximum Gasteiger partial charge on any atom is 0.418 e. The number of amides is 3. The first-order valence-electron chi connectivity index (χ1n) is 9.30. The Morgan fingerprint density at radius 2 is 1.96 bits per heavy atom. The van der Waals surface area contributed by atoms with Crippen LogP contribution >= 0.6 is 0 Å². The van der Waals surface area contributed by atoms with Crippen LogP contribution in [-0.2, 0) is 24.3 Å². The molecule has 4 unspecified atom stereocenters. The van der Waals surface area contributed by atoms with Crippen LogP contribution in [0.3, 0.4) is 0 Å². The molecule has 0 saturated carbocycles. The molecule has 11 nitrogen and oxygen atoms in total. The summed E-state index contributed by atoms with van der Waals surface area (Å²) in [6, 6.07) is -1.71. The molecule has 3 amide bonds. The number of piperidine rings is 2. The molecule has 0 aromatic rings. The molecule has 2 bridgehead atoms. The van der Waals surface area contributed by atoms with Crippen molar-refractivity contribution in [2.24, 2.45) is 0 Å². The predicted octanol–water partition coefficient (Wildman–Crippen LogP) is -0.336. The largest absolute Gasteiger partial charge is 0.418 e. The molecule has 4 rings (SSSR count). The van der Waals surface area contributed by atoms with Crippen LogP contribution < -0.4 is 5.48 Å². The molecule has 0 aromatic carbocycles. The van der Waals surface area contributed by atoms with E-state index in [2.05, 4.69) is 14.7 Å². The highest BCUT2D eigenvalue weighted by molar-refractivity contribution is 7.80. The Kier molecular flexibility index (Phi) is 5.01. The fourth-order valence-corrected chi connectivity index (χ4v) is 5.03. The van der Waals surface area contributed by atoms with E-state index in [1.165, 1.54) is 11.3 Å². The van der Waals surface area contributed by atoms with Crippen LogP contribution in [0.25, 0.3) is 0 Å². The van der Waals surface area contributed by atoms with Crippen LogP contribution in [0.5, 0.6) is 0 Å². The molecule has 0 spiro atoms. The van der Waals surface area contributed by atoms with Crippen molar-refractivity contribution < 1.29 is 31.7 Å². The molecule has 4 aliphatic heterocycles. The Bertz CT molecular complexity index is 717. The van der Waals surface area contributed by atoms with Crippen LogP contribution in [0.15, 0.2) is 0 Å². The average molecular weight is 404 g/mol. The quantitative estimate of drug-likeness (QED) is 0.471. The normalized spacial score (nSPS) is 34.0. The molecule has 4 atom stereocenters. The number of nitrogens with one attached hydrogen (secondary N) is 1. The van der Waals surface area contributed by atoms with E-state index in [9.17, 15) is 18.0 Å². The summed E-state index contributed by atoms with van der Waals surface area (Å²) in [7, 11) is -4.80. The van der Waals surface area contributed by atoms with Gasteiger partial charge in [-0.1, -0.05) is 6.42 Å². The lowest BCUT2D eigenvalue weighted by atomic mass is 10.0. The minimum absolute atomic E-state index is 0.0563. The van der Waals surface area contributed by atoms with E-state index in [0.29, 0.717) is 23.9 Å². The maximum atomic E-state index is 12.6. The highest BCUT2D eigenvalue weighted by Gasteiger charge is 2.49. The number of carbonyl (C=O) groups excluding carboxylic acids is 2.